The minimum absolute atomic E-state index is 0.391. The second kappa shape index (κ2) is 7.47. The topological polar surface area (TPSA) is 78.0 Å². The number of aromatic nitrogens is 2. The number of nitrogens with zero attached hydrogens (tertiary/aromatic N) is 1. The summed E-state index contributed by atoms with van der Waals surface area (Å²) in [6.45, 7) is 0.473. The summed E-state index contributed by atoms with van der Waals surface area (Å²) in [7, 11) is 0. The smallest absolute Gasteiger partial charge is 0.253 e. The average molecular weight is 344 g/mol. The van der Waals surface area contributed by atoms with Crippen LogP contribution in [0.5, 0.6) is 0 Å². The fraction of sp³-hybridized carbons (Fsp3) is 0.222. The van der Waals surface area contributed by atoms with E-state index in [4.69, 9.17) is 11.6 Å². The number of hydrogen-bond donors (Lipinski definition) is 3. The molecule has 24 heavy (non-hydrogen) atoms. The highest BCUT2D eigenvalue weighted by molar-refractivity contribution is 6.31. The SMILES string of the molecule is O=C(NCCCc1nc2ccc(Cl)cc2[nH]1)C(O)c1ccccc1. The first kappa shape index (κ1) is 16.5. The number of fused-ring (bicyclic) bond motifs is 1. The number of imidazole rings is 1. The first-order valence-corrected chi connectivity index (χ1v) is 8.16. The third-order valence-electron chi connectivity index (χ3n) is 3.75. The van der Waals surface area contributed by atoms with Crippen molar-refractivity contribution in [3.63, 3.8) is 0 Å². The van der Waals surface area contributed by atoms with E-state index in [1.54, 1.807) is 30.3 Å². The molecule has 1 amide bonds. The number of aromatic amines is 1. The number of carbonyl (C=O) groups excluding carboxylic acids is 1. The van der Waals surface area contributed by atoms with Crippen LogP contribution in [0.25, 0.3) is 11.0 Å². The van der Waals surface area contributed by atoms with Gasteiger partial charge in [-0.15, -0.1) is 0 Å². The molecule has 124 valence electrons. The van der Waals surface area contributed by atoms with Gasteiger partial charge in [0.15, 0.2) is 6.10 Å². The van der Waals surface area contributed by atoms with Crippen LogP contribution in [0.4, 0.5) is 0 Å². The summed E-state index contributed by atoms with van der Waals surface area (Å²) in [5.41, 5.74) is 2.36. The molecular weight excluding hydrogens is 326 g/mol. The molecule has 0 aliphatic heterocycles. The second-order valence-electron chi connectivity index (χ2n) is 5.55. The zero-order valence-corrected chi connectivity index (χ0v) is 13.8. The molecule has 3 N–H and O–H groups in total. The van der Waals surface area contributed by atoms with Gasteiger partial charge in [-0.1, -0.05) is 41.9 Å². The number of aliphatic hydroxyl groups excluding tert-OH is 1. The molecule has 5 nitrogen and oxygen atoms in total. The Morgan fingerprint density at radius 2 is 2.04 bits per heavy atom. The van der Waals surface area contributed by atoms with Crippen molar-refractivity contribution >= 4 is 28.5 Å². The summed E-state index contributed by atoms with van der Waals surface area (Å²) in [6, 6.07) is 14.4. The largest absolute Gasteiger partial charge is 0.378 e. The molecule has 0 saturated carbocycles. The fourth-order valence-electron chi connectivity index (χ4n) is 2.50. The molecule has 6 heteroatoms. The summed E-state index contributed by atoms with van der Waals surface area (Å²) in [5, 5.41) is 13.4. The standard InChI is InChI=1S/C18H18ClN3O2/c19-13-8-9-14-15(11-13)22-16(21-14)7-4-10-20-18(24)17(23)12-5-2-1-3-6-12/h1-3,5-6,8-9,11,17,23H,4,7,10H2,(H,20,24)(H,21,22). The van der Waals surface area contributed by atoms with E-state index in [1.165, 1.54) is 0 Å². The quantitative estimate of drug-likeness (QED) is 0.602. The highest BCUT2D eigenvalue weighted by atomic mass is 35.5. The number of rotatable bonds is 6. The summed E-state index contributed by atoms with van der Waals surface area (Å²) in [5.74, 6) is 0.461. The van der Waals surface area contributed by atoms with Gasteiger partial charge in [0, 0.05) is 18.0 Å². The van der Waals surface area contributed by atoms with E-state index in [0.29, 0.717) is 23.6 Å². The molecule has 1 aromatic heterocycles. The van der Waals surface area contributed by atoms with Crippen LogP contribution in [0.1, 0.15) is 23.9 Å². The fourth-order valence-corrected chi connectivity index (χ4v) is 2.68. The van der Waals surface area contributed by atoms with Gasteiger partial charge in [0.1, 0.15) is 5.82 Å². The van der Waals surface area contributed by atoms with Gasteiger partial charge in [-0.05, 0) is 30.2 Å². The lowest BCUT2D eigenvalue weighted by Gasteiger charge is -2.11. The van der Waals surface area contributed by atoms with E-state index < -0.39 is 12.0 Å². The van der Waals surface area contributed by atoms with Crippen molar-refractivity contribution in [3.05, 3.63) is 64.9 Å². The third kappa shape index (κ3) is 3.93. The number of carbonyl (C=O) groups is 1. The Morgan fingerprint density at radius 1 is 1.25 bits per heavy atom. The van der Waals surface area contributed by atoms with E-state index in [9.17, 15) is 9.90 Å². The van der Waals surface area contributed by atoms with Crippen molar-refractivity contribution in [2.45, 2.75) is 18.9 Å². The lowest BCUT2D eigenvalue weighted by molar-refractivity contribution is -0.129. The molecule has 0 bridgehead atoms. The summed E-state index contributed by atoms with van der Waals surface area (Å²) in [4.78, 5) is 19.6. The van der Waals surface area contributed by atoms with Crippen molar-refractivity contribution in [2.75, 3.05) is 6.54 Å². The van der Waals surface area contributed by atoms with Gasteiger partial charge >= 0.3 is 0 Å². The molecule has 2 aromatic carbocycles. The van der Waals surface area contributed by atoms with E-state index in [-0.39, 0.29) is 0 Å². The number of nitrogens with one attached hydrogen (secondary N) is 2. The van der Waals surface area contributed by atoms with Crippen molar-refractivity contribution in [1.82, 2.24) is 15.3 Å². The van der Waals surface area contributed by atoms with Crippen molar-refractivity contribution in [2.24, 2.45) is 0 Å². The molecule has 0 spiro atoms. The van der Waals surface area contributed by atoms with E-state index >= 15 is 0 Å². The van der Waals surface area contributed by atoms with Crippen LogP contribution in [0.2, 0.25) is 5.02 Å². The normalized spacial score (nSPS) is 12.2. The lowest BCUT2D eigenvalue weighted by atomic mass is 10.1. The first-order chi connectivity index (χ1) is 11.6. The van der Waals surface area contributed by atoms with Gasteiger partial charge in [-0.3, -0.25) is 4.79 Å². The van der Waals surface area contributed by atoms with E-state index in [2.05, 4.69) is 15.3 Å². The number of halogens is 1. The molecule has 0 fully saturated rings. The van der Waals surface area contributed by atoms with Gasteiger partial charge in [0.25, 0.3) is 5.91 Å². The van der Waals surface area contributed by atoms with Crippen molar-refractivity contribution < 1.29 is 9.90 Å². The molecule has 0 saturated heterocycles. The molecule has 3 rings (SSSR count). The third-order valence-corrected chi connectivity index (χ3v) is 3.98. The summed E-state index contributed by atoms with van der Waals surface area (Å²) >= 11 is 5.95. The highest BCUT2D eigenvalue weighted by Crippen LogP contribution is 2.17. The number of amides is 1. The second-order valence-corrected chi connectivity index (χ2v) is 5.99. The van der Waals surface area contributed by atoms with Crippen molar-refractivity contribution in [3.8, 4) is 0 Å². The Hall–Kier alpha value is -2.37. The Morgan fingerprint density at radius 3 is 2.83 bits per heavy atom. The molecule has 3 aromatic rings. The Kier molecular flexibility index (Phi) is 5.13. The maximum Gasteiger partial charge on any atom is 0.253 e. The monoisotopic (exact) mass is 343 g/mol. The predicted octanol–water partition coefficient (Wildman–Crippen LogP) is 3.00. The van der Waals surface area contributed by atoms with Crippen LogP contribution in [-0.2, 0) is 11.2 Å². The molecule has 0 aliphatic rings. The number of hydrogen-bond acceptors (Lipinski definition) is 3. The lowest BCUT2D eigenvalue weighted by Crippen LogP contribution is -2.30. The van der Waals surface area contributed by atoms with E-state index in [0.717, 1.165) is 23.3 Å². The Bertz CT molecular complexity index is 833. The minimum Gasteiger partial charge on any atom is -0.378 e. The Balaban J connectivity index is 1.48. The number of benzene rings is 2. The summed E-state index contributed by atoms with van der Waals surface area (Å²) in [6.07, 6.45) is 0.286. The summed E-state index contributed by atoms with van der Waals surface area (Å²) < 4.78 is 0. The van der Waals surface area contributed by atoms with Gasteiger partial charge in [0.2, 0.25) is 0 Å². The zero-order chi connectivity index (χ0) is 16.9. The minimum atomic E-state index is -1.14. The van der Waals surface area contributed by atoms with Crippen LogP contribution >= 0.6 is 11.6 Å². The molecule has 0 aliphatic carbocycles. The number of aliphatic hydroxyl groups is 1. The maximum atomic E-state index is 11.9. The average Bonchev–Trinajstić information content (AvgIpc) is 3.00. The van der Waals surface area contributed by atoms with Gasteiger partial charge in [-0.25, -0.2) is 4.98 Å². The Labute approximate surface area is 144 Å². The number of H-pyrrole nitrogens is 1. The van der Waals surface area contributed by atoms with Crippen LogP contribution in [0, 0.1) is 0 Å². The first-order valence-electron chi connectivity index (χ1n) is 7.78. The molecular formula is C18H18ClN3O2. The maximum absolute atomic E-state index is 11.9. The highest BCUT2D eigenvalue weighted by Gasteiger charge is 2.16. The van der Waals surface area contributed by atoms with Crippen LogP contribution in [-0.4, -0.2) is 27.5 Å². The van der Waals surface area contributed by atoms with Gasteiger partial charge in [-0.2, -0.15) is 0 Å². The molecule has 1 unspecified atom stereocenters. The van der Waals surface area contributed by atoms with E-state index in [1.807, 2.05) is 18.2 Å². The van der Waals surface area contributed by atoms with Crippen molar-refractivity contribution in [1.29, 1.82) is 0 Å². The van der Waals surface area contributed by atoms with Crippen LogP contribution in [0.15, 0.2) is 48.5 Å². The molecule has 0 radical (unpaired) electrons. The predicted molar refractivity (Wildman–Crippen MR) is 93.8 cm³/mol. The van der Waals surface area contributed by atoms with Crippen LogP contribution in [0.3, 0.4) is 0 Å². The van der Waals surface area contributed by atoms with Gasteiger partial charge in [0.05, 0.1) is 11.0 Å². The zero-order valence-electron chi connectivity index (χ0n) is 13.0. The molecule has 1 atom stereocenters. The van der Waals surface area contributed by atoms with Gasteiger partial charge < -0.3 is 15.4 Å². The number of aryl methyl sites for hydroxylation is 1. The molecule has 1 heterocycles. The van der Waals surface area contributed by atoms with Crippen LogP contribution < -0.4 is 5.32 Å².